The summed E-state index contributed by atoms with van der Waals surface area (Å²) in [4.78, 5) is 40.9. The van der Waals surface area contributed by atoms with E-state index in [1.807, 2.05) is 50.2 Å². The van der Waals surface area contributed by atoms with Crippen LogP contribution in [0.15, 0.2) is 72.8 Å². The van der Waals surface area contributed by atoms with E-state index in [1.165, 1.54) is 0 Å². The van der Waals surface area contributed by atoms with Crippen LogP contribution in [0.4, 0.5) is 0 Å². The molecule has 1 aliphatic rings. The third-order valence-electron chi connectivity index (χ3n) is 6.19. The van der Waals surface area contributed by atoms with E-state index in [9.17, 15) is 14.4 Å². The molecule has 0 radical (unpaired) electrons. The van der Waals surface area contributed by atoms with E-state index in [1.54, 1.807) is 41.3 Å². The Morgan fingerprint density at radius 3 is 2.12 bits per heavy atom. The van der Waals surface area contributed by atoms with Gasteiger partial charge in [-0.3, -0.25) is 14.4 Å². The number of rotatable bonds is 5. The highest BCUT2D eigenvalue weighted by molar-refractivity contribution is 6.16. The van der Waals surface area contributed by atoms with Crippen molar-refractivity contribution in [2.75, 3.05) is 13.1 Å². The normalized spacial score (nSPS) is 14.1. The molecular weight excluding hydrogens is 412 g/mol. The number of hydrogen-bond acceptors (Lipinski definition) is 3. The first-order valence-corrected chi connectivity index (χ1v) is 11.3. The van der Waals surface area contributed by atoms with Gasteiger partial charge >= 0.3 is 0 Å². The third-order valence-corrected chi connectivity index (χ3v) is 6.19. The number of benzene rings is 3. The predicted octanol–water partition coefficient (Wildman–Crippen LogP) is 4.57. The molecule has 0 aromatic heterocycles. The Hall–Kier alpha value is -3.73. The van der Waals surface area contributed by atoms with Gasteiger partial charge in [0.2, 0.25) is 0 Å². The first-order chi connectivity index (χ1) is 15.9. The Morgan fingerprint density at radius 2 is 1.42 bits per heavy atom. The SMILES string of the molecule is Cc1ccc(C)c(C(=O)c2ccccc2C(=O)N2CCC(NC(=O)c3ccccc3)CC2)c1. The number of nitrogens with one attached hydrogen (secondary N) is 1. The fourth-order valence-electron chi connectivity index (χ4n) is 4.25. The first-order valence-electron chi connectivity index (χ1n) is 11.3. The molecule has 0 spiro atoms. The zero-order valence-electron chi connectivity index (χ0n) is 19.0. The van der Waals surface area contributed by atoms with Gasteiger partial charge in [-0.2, -0.15) is 0 Å². The van der Waals surface area contributed by atoms with Crippen molar-refractivity contribution in [3.8, 4) is 0 Å². The Morgan fingerprint density at radius 1 is 0.788 bits per heavy atom. The summed E-state index contributed by atoms with van der Waals surface area (Å²) in [6, 6.07) is 22.0. The standard InChI is InChI=1S/C28H28N2O3/c1-19-12-13-20(2)25(18-19)26(31)23-10-6-7-11-24(23)28(33)30-16-14-22(15-17-30)29-27(32)21-8-4-3-5-9-21/h3-13,18,22H,14-17H2,1-2H3,(H,29,32). The molecule has 0 atom stereocenters. The van der Waals surface area contributed by atoms with Crippen LogP contribution in [-0.2, 0) is 0 Å². The van der Waals surface area contributed by atoms with Gasteiger partial charge in [-0.05, 0) is 56.5 Å². The summed E-state index contributed by atoms with van der Waals surface area (Å²) < 4.78 is 0. The average molecular weight is 441 g/mol. The third kappa shape index (κ3) is 5.03. The number of piperidine rings is 1. The summed E-state index contributed by atoms with van der Waals surface area (Å²) in [5, 5.41) is 3.07. The molecular formula is C28H28N2O3. The average Bonchev–Trinajstić information content (AvgIpc) is 2.85. The maximum Gasteiger partial charge on any atom is 0.254 e. The molecule has 1 aliphatic heterocycles. The molecule has 0 aliphatic carbocycles. The maximum absolute atomic E-state index is 13.3. The summed E-state index contributed by atoms with van der Waals surface area (Å²) in [6.45, 7) is 4.93. The molecule has 1 N–H and O–H groups in total. The number of nitrogens with zero attached hydrogens (tertiary/aromatic N) is 1. The van der Waals surface area contributed by atoms with E-state index in [0.717, 1.165) is 11.1 Å². The molecule has 1 heterocycles. The highest BCUT2D eigenvalue weighted by Crippen LogP contribution is 2.22. The second-order valence-corrected chi connectivity index (χ2v) is 8.60. The molecule has 4 rings (SSSR count). The molecule has 168 valence electrons. The highest BCUT2D eigenvalue weighted by Gasteiger charge is 2.27. The van der Waals surface area contributed by atoms with Crippen LogP contribution in [0, 0.1) is 13.8 Å². The molecule has 0 bridgehead atoms. The predicted molar refractivity (Wildman–Crippen MR) is 129 cm³/mol. The topological polar surface area (TPSA) is 66.5 Å². The Kier molecular flexibility index (Phi) is 6.68. The monoisotopic (exact) mass is 440 g/mol. The first kappa shape index (κ1) is 22.5. The summed E-state index contributed by atoms with van der Waals surface area (Å²) in [7, 11) is 0. The van der Waals surface area contributed by atoms with Crippen LogP contribution in [0.1, 0.15) is 60.6 Å². The summed E-state index contributed by atoms with van der Waals surface area (Å²) in [6.07, 6.45) is 1.36. The van der Waals surface area contributed by atoms with Crippen molar-refractivity contribution in [1.82, 2.24) is 10.2 Å². The zero-order valence-corrected chi connectivity index (χ0v) is 19.0. The van der Waals surface area contributed by atoms with Crippen molar-refractivity contribution in [1.29, 1.82) is 0 Å². The quantitative estimate of drug-likeness (QED) is 0.591. The van der Waals surface area contributed by atoms with Crippen LogP contribution in [0.2, 0.25) is 0 Å². The van der Waals surface area contributed by atoms with Crippen molar-refractivity contribution in [3.63, 3.8) is 0 Å². The molecule has 0 saturated carbocycles. The van der Waals surface area contributed by atoms with Gasteiger partial charge < -0.3 is 10.2 Å². The second-order valence-electron chi connectivity index (χ2n) is 8.60. The summed E-state index contributed by atoms with van der Waals surface area (Å²) in [5.41, 5.74) is 4.01. The van der Waals surface area contributed by atoms with Crippen molar-refractivity contribution in [2.45, 2.75) is 32.7 Å². The fraction of sp³-hybridized carbons (Fsp3) is 0.250. The second kappa shape index (κ2) is 9.82. The summed E-state index contributed by atoms with van der Waals surface area (Å²) >= 11 is 0. The lowest BCUT2D eigenvalue weighted by Gasteiger charge is -2.32. The lowest BCUT2D eigenvalue weighted by Crippen LogP contribution is -2.46. The number of hydrogen-bond donors (Lipinski definition) is 1. The maximum atomic E-state index is 13.3. The van der Waals surface area contributed by atoms with E-state index in [2.05, 4.69) is 5.32 Å². The largest absolute Gasteiger partial charge is 0.349 e. The van der Waals surface area contributed by atoms with E-state index >= 15 is 0 Å². The number of carbonyl (C=O) groups excluding carboxylic acids is 3. The highest BCUT2D eigenvalue weighted by atomic mass is 16.2. The van der Waals surface area contributed by atoms with Gasteiger partial charge in [-0.15, -0.1) is 0 Å². The minimum atomic E-state index is -0.142. The van der Waals surface area contributed by atoms with Crippen LogP contribution in [0.5, 0.6) is 0 Å². The van der Waals surface area contributed by atoms with Crippen molar-refractivity contribution in [2.24, 2.45) is 0 Å². The lowest BCUT2D eigenvalue weighted by molar-refractivity contribution is 0.0694. The van der Waals surface area contributed by atoms with Gasteiger partial charge in [-0.25, -0.2) is 0 Å². The zero-order chi connectivity index (χ0) is 23.4. The Balaban J connectivity index is 1.45. The minimum Gasteiger partial charge on any atom is -0.349 e. The van der Waals surface area contributed by atoms with Crippen LogP contribution < -0.4 is 5.32 Å². The number of likely N-dealkylation sites (tertiary alicyclic amines) is 1. The van der Waals surface area contributed by atoms with Crippen LogP contribution in [0.3, 0.4) is 0 Å². The molecule has 1 saturated heterocycles. The molecule has 3 aromatic carbocycles. The van der Waals surface area contributed by atoms with Crippen LogP contribution in [0.25, 0.3) is 0 Å². The van der Waals surface area contributed by atoms with E-state index in [0.29, 0.717) is 48.2 Å². The lowest BCUT2D eigenvalue weighted by atomic mass is 9.93. The van der Waals surface area contributed by atoms with Crippen molar-refractivity contribution < 1.29 is 14.4 Å². The molecule has 33 heavy (non-hydrogen) atoms. The van der Waals surface area contributed by atoms with Gasteiger partial charge in [0.15, 0.2) is 5.78 Å². The van der Waals surface area contributed by atoms with Crippen LogP contribution in [-0.4, -0.2) is 41.6 Å². The fourth-order valence-corrected chi connectivity index (χ4v) is 4.25. The molecule has 5 heteroatoms. The van der Waals surface area contributed by atoms with E-state index < -0.39 is 0 Å². The molecule has 1 fully saturated rings. The van der Waals surface area contributed by atoms with Gasteiger partial charge in [0.1, 0.15) is 0 Å². The number of carbonyl (C=O) groups is 3. The van der Waals surface area contributed by atoms with Crippen LogP contribution >= 0.6 is 0 Å². The number of aryl methyl sites for hydroxylation is 2. The van der Waals surface area contributed by atoms with Gasteiger partial charge in [0.05, 0.1) is 5.56 Å². The number of ketones is 1. The van der Waals surface area contributed by atoms with E-state index in [4.69, 9.17) is 0 Å². The number of amides is 2. The molecule has 3 aromatic rings. The van der Waals surface area contributed by atoms with Gasteiger partial charge in [0.25, 0.3) is 11.8 Å². The minimum absolute atomic E-state index is 0.0218. The molecule has 0 unspecified atom stereocenters. The molecule has 5 nitrogen and oxygen atoms in total. The van der Waals surface area contributed by atoms with Gasteiger partial charge in [0, 0.05) is 35.8 Å². The Labute approximate surface area is 194 Å². The van der Waals surface area contributed by atoms with Crippen molar-refractivity contribution in [3.05, 3.63) is 106 Å². The Bertz CT molecular complexity index is 1180. The molecule has 2 amide bonds. The van der Waals surface area contributed by atoms with E-state index in [-0.39, 0.29) is 23.6 Å². The van der Waals surface area contributed by atoms with Crippen molar-refractivity contribution >= 4 is 17.6 Å². The smallest absolute Gasteiger partial charge is 0.254 e. The summed E-state index contributed by atoms with van der Waals surface area (Å²) in [5.74, 6) is -0.368. The van der Waals surface area contributed by atoms with Gasteiger partial charge in [-0.1, -0.05) is 54.1 Å².